The lowest BCUT2D eigenvalue weighted by atomic mass is 10.1. The third-order valence-corrected chi connectivity index (χ3v) is 4.38. The Labute approximate surface area is 139 Å². The number of rotatable bonds is 5. The number of H-pyrrole nitrogens is 1. The van der Waals surface area contributed by atoms with Gasteiger partial charge >= 0.3 is 6.03 Å². The average Bonchev–Trinajstić information content (AvgIpc) is 3.02. The topological polar surface area (TPSA) is 103 Å². The van der Waals surface area contributed by atoms with E-state index in [1.54, 1.807) is 0 Å². The van der Waals surface area contributed by atoms with E-state index >= 15 is 0 Å². The summed E-state index contributed by atoms with van der Waals surface area (Å²) in [6.07, 6.45) is 0.474. The van der Waals surface area contributed by atoms with Crippen molar-refractivity contribution in [2.45, 2.75) is 39.3 Å². The molecular formula is C17H20N4O3. The highest BCUT2D eigenvalue weighted by molar-refractivity contribution is 6.04. The van der Waals surface area contributed by atoms with Gasteiger partial charge in [0.05, 0.1) is 0 Å². The number of benzene rings is 1. The summed E-state index contributed by atoms with van der Waals surface area (Å²) in [4.78, 5) is 37.7. The number of nitrogens with one attached hydrogen (secondary N) is 4. The number of aromatic amines is 1. The molecule has 7 nitrogen and oxygen atoms in total. The molecule has 1 aromatic heterocycles. The Morgan fingerprint density at radius 3 is 2.75 bits per heavy atom. The molecule has 4 N–H and O–H groups in total. The highest BCUT2D eigenvalue weighted by Crippen LogP contribution is 2.22. The number of imide groups is 1. The van der Waals surface area contributed by atoms with Gasteiger partial charge in [-0.15, -0.1) is 0 Å². The number of aromatic nitrogens is 1. The second-order valence-electron chi connectivity index (χ2n) is 6.09. The van der Waals surface area contributed by atoms with Crippen LogP contribution in [0.4, 0.5) is 4.79 Å². The number of aryl methyl sites for hydroxylation is 2. The quantitative estimate of drug-likeness (QED) is 0.624. The highest BCUT2D eigenvalue weighted by Gasteiger charge is 2.29. The summed E-state index contributed by atoms with van der Waals surface area (Å²) in [6.45, 7) is 4.54. The molecule has 1 unspecified atom stereocenters. The molecule has 126 valence electrons. The van der Waals surface area contributed by atoms with E-state index in [4.69, 9.17) is 0 Å². The molecule has 1 atom stereocenters. The predicted molar refractivity (Wildman–Crippen MR) is 89.3 cm³/mol. The van der Waals surface area contributed by atoms with Crippen molar-refractivity contribution in [1.82, 2.24) is 20.9 Å². The van der Waals surface area contributed by atoms with Crippen LogP contribution in [0.15, 0.2) is 18.2 Å². The van der Waals surface area contributed by atoms with Gasteiger partial charge in [0, 0.05) is 29.6 Å². The molecule has 1 aliphatic rings. The van der Waals surface area contributed by atoms with Crippen molar-refractivity contribution >= 4 is 28.7 Å². The lowest BCUT2D eigenvalue weighted by molar-refractivity contribution is -0.122. The Morgan fingerprint density at radius 1 is 1.25 bits per heavy atom. The van der Waals surface area contributed by atoms with Gasteiger partial charge in [0.25, 0.3) is 5.91 Å². The number of amides is 4. The molecule has 2 aromatic rings. The summed E-state index contributed by atoms with van der Waals surface area (Å²) < 4.78 is 0. The van der Waals surface area contributed by atoms with E-state index < -0.39 is 12.1 Å². The van der Waals surface area contributed by atoms with E-state index in [2.05, 4.69) is 33.9 Å². The smallest absolute Gasteiger partial charge is 0.322 e. The van der Waals surface area contributed by atoms with E-state index in [0.29, 0.717) is 13.0 Å². The maximum Gasteiger partial charge on any atom is 0.322 e. The molecule has 1 aliphatic heterocycles. The zero-order chi connectivity index (χ0) is 17.3. The number of urea groups is 1. The summed E-state index contributed by atoms with van der Waals surface area (Å²) in [5, 5.41) is 8.63. The van der Waals surface area contributed by atoms with Crippen LogP contribution in [0.3, 0.4) is 0 Å². The molecular weight excluding hydrogens is 308 g/mol. The largest absolute Gasteiger partial charge is 0.358 e. The molecule has 1 fully saturated rings. The second kappa shape index (κ2) is 6.35. The van der Waals surface area contributed by atoms with E-state index in [9.17, 15) is 14.4 Å². The van der Waals surface area contributed by atoms with E-state index in [1.807, 2.05) is 19.1 Å². The van der Waals surface area contributed by atoms with Crippen molar-refractivity contribution in [2.24, 2.45) is 0 Å². The van der Waals surface area contributed by atoms with Crippen LogP contribution < -0.4 is 16.0 Å². The minimum atomic E-state index is -0.620. The predicted octanol–water partition coefficient (Wildman–Crippen LogP) is 1.39. The molecule has 24 heavy (non-hydrogen) atoms. The molecule has 3 rings (SSSR count). The van der Waals surface area contributed by atoms with Gasteiger partial charge in [-0.05, 0) is 43.5 Å². The SMILES string of the molecule is Cc1[nH]c2ccc(CNC(=O)CCC3NC(=O)NC3=O)cc2c1C. The summed E-state index contributed by atoms with van der Waals surface area (Å²) >= 11 is 0. The van der Waals surface area contributed by atoms with Crippen LogP contribution in [0.2, 0.25) is 0 Å². The van der Waals surface area contributed by atoms with E-state index in [1.165, 1.54) is 5.56 Å². The van der Waals surface area contributed by atoms with Gasteiger partial charge in [-0.3, -0.25) is 14.9 Å². The van der Waals surface area contributed by atoms with Gasteiger partial charge in [-0.25, -0.2) is 4.79 Å². The third-order valence-electron chi connectivity index (χ3n) is 4.38. The molecule has 1 aromatic carbocycles. The van der Waals surface area contributed by atoms with Gasteiger partial charge in [0.1, 0.15) is 6.04 Å². The second-order valence-corrected chi connectivity index (χ2v) is 6.09. The fourth-order valence-electron chi connectivity index (χ4n) is 2.84. The molecule has 0 radical (unpaired) electrons. The van der Waals surface area contributed by atoms with Crippen molar-refractivity contribution in [1.29, 1.82) is 0 Å². The van der Waals surface area contributed by atoms with Gasteiger partial charge in [-0.1, -0.05) is 6.07 Å². The fourth-order valence-corrected chi connectivity index (χ4v) is 2.84. The molecule has 7 heteroatoms. The first-order valence-electron chi connectivity index (χ1n) is 7.90. The van der Waals surface area contributed by atoms with Crippen LogP contribution in [0, 0.1) is 13.8 Å². The summed E-state index contributed by atoms with van der Waals surface area (Å²) in [6, 6.07) is 4.93. The molecule has 0 spiro atoms. The van der Waals surface area contributed by atoms with Crippen LogP contribution >= 0.6 is 0 Å². The standard InChI is InChI=1S/C17H20N4O3/c1-9-10(2)19-13-4-3-11(7-12(9)13)8-18-15(22)6-5-14-16(23)21-17(24)20-14/h3-4,7,14,19H,5-6,8H2,1-2H3,(H,18,22)(H2,20,21,23,24). The summed E-state index contributed by atoms with van der Waals surface area (Å²) in [5.74, 6) is -0.525. The first kappa shape index (κ1) is 16.0. The van der Waals surface area contributed by atoms with Crippen molar-refractivity contribution in [3.63, 3.8) is 0 Å². The minimum absolute atomic E-state index is 0.147. The van der Waals surface area contributed by atoms with Crippen LogP contribution in [-0.2, 0) is 16.1 Å². The number of carbonyl (C=O) groups is 3. The first-order chi connectivity index (χ1) is 11.4. The maximum absolute atomic E-state index is 11.9. The van der Waals surface area contributed by atoms with Crippen molar-refractivity contribution in [3.8, 4) is 0 Å². The van der Waals surface area contributed by atoms with Crippen molar-refractivity contribution < 1.29 is 14.4 Å². The van der Waals surface area contributed by atoms with E-state index in [-0.39, 0.29) is 18.2 Å². The zero-order valence-corrected chi connectivity index (χ0v) is 13.7. The number of hydrogen-bond acceptors (Lipinski definition) is 3. The summed E-state index contributed by atoms with van der Waals surface area (Å²) in [5.41, 5.74) is 4.46. The van der Waals surface area contributed by atoms with Gasteiger partial charge in [-0.2, -0.15) is 0 Å². The van der Waals surface area contributed by atoms with Gasteiger partial charge in [0.15, 0.2) is 0 Å². The average molecular weight is 328 g/mol. The lowest BCUT2D eigenvalue weighted by Crippen LogP contribution is -2.31. The Morgan fingerprint density at radius 2 is 2.04 bits per heavy atom. The number of fused-ring (bicyclic) bond motifs is 1. The Hall–Kier alpha value is -2.83. The highest BCUT2D eigenvalue weighted by atomic mass is 16.2. The Balaban J connectivity index is 1.53. The van der Waals surface area contributed by atoms with Crippen LogP contribution in [0.1, 0.15) is 29.7 Å². The molecule has 0 aliphatic carbocycles. The number of hydrogen-bond donors (Lipinski definition) is 4. The van der Waals surface area contributed by atoms with Crippen LogP contribution in [0.5, 0.6) is 0 Å². The van der Waals surface area contributed by atoms with Crippen molar-refractivity contribution in [2.75, 3.05) is 0 Å². The maximum atomic E-state index is 11.9. The van der Waals surface area contributed by atoms with Gasteiger partial charge < -0.3 is 15.6 Å². The normalized spacial score (nSPS) is 17.0. The van der Waals surface area contributed by atoms with Gasteiger partial charge in [0.2, 0.25) is 5.91 Å². The zero-order valence-electron chi connectivity index (χ0n) is 13.7. The molecule has 1 saturated heterocycles. The number of carbonyl (C=O) groups excluding carboxylic acids is 3. The Bertz CT molecular complexity index is 825. The monoisotopic (exact) mass is 328 g/mol. The molecule has 0 saturated carbocycles. The van der Waals surface area contributed by atoms with Crippen LogP contribution in [-0.4, -0.2) is 28.9 Å². The molecule has 4 amide bonds. The lowest BCUT2D eigenvalue weighted by Gasteiger charge is -2.08. The van der Waals surface area contributed by atoms with Crippen molar-refractivity contribution in [3.05, 3.63) is 35.0 Å². The molecule has 0 bridgehead atoms. The Kier molecular flexibility index (Phi) is 4.24. The fraction of sp³-hybridized carbons (Fsp3) is 0.353. The minimum Gasteiger partial charge on any atom is -0.358 e. The van der Waals surface area contributed by atoms with Crippen LogP contribution in [0.25, 0.3) is 10.9 Å². The summed E-state index contributed by atoms with van der Waals surface area (Å²) in [7, 11) is 0. The third kappa shape index (κ3) is 3.24. The van der Waals surface area contributed by atoms with E-state index in [0.717, 1.165) is 22.2 Å². The molecule has 2 heterocycles. The first-order valence-corrected chi connectivity index (χ1v) is 7.90.